The fourth-order valence-electron chi connectivity index (χ4n) is 4.18. The SMILES string of the molecule is COc1ccc(N2C[C@@](O)(c3ccc(OC)cc3)[N+]3=C2CCCCC3)cc1. The molecule has 0 bridgehead atoms. The third kappa shape index (κ3) is 3.16. The molecule has 2 aliphatic rings. The Morgan fingerprint density at radius 2 is 1.52 bits per heavy atom. The van der Waals surface area contributed by atoms with E-state index >= 15 is 0 Å². The van der Waals surface area contributed by atoms with Crippen molar-refractivity contribution >= 4 is 11.5 Å². The molecule has 2 heterocycles. The van der Waals surface area contributed by atoms with Crippen LogP contribution in [-0.4, -0.2) is 42.8 Å². The first-order valence-corrected chi connectivity index (χ1v) is 9.58. The van der Waals surface area contributed by atoms with Gasteiger partial charge >= 0.3 is 0 Å². The van der Waals surface area contributed by atoms with Crippen molar-refractivity contribution in [1.82, 2.24) is 0 Å². The maximum Gasteiger partial charge on any atom is 0.271 e. The molecule has 0 unspecified atom stereocenters. The van der Waals surface area contributed by atoms with Crippen LogP contribution in [0.4, 0.5) is 5.69 Å². The Balaban J connectivity index is 1.75. The van der Waals surface area contributed by atoms with E-state index in [9.17, 15) is 5.11 Å². The molecule has 0 amide bonds. The highest BCUT2D eigenvalue weighted by atomic mass is 16.5. The zero-order valence-corrected chi connectivity index (χ0v) is 16.0. The van der Waals surface area contributed by atoms with Crippen LogP contribution in [0.2, 0.25) is 0 Å². The summed E-state index contributed by atoms with van der Waals surface area (Å²) in [6.45, 7) is 1.38. The summed E-state index contributed by atoms with van der Waals surface area (Å²) in [6, 6.07) is 15.9. The molecule has 1 N–H and O–H groups in total. The highest BCUT2D eigenvalue weighted by Crippen LogP contribution is 2.36. The lowest BCUT2D eigenvalue weighted by Gasteiger charge is -2.23. The molecule has 1 atom stereocenters. The molecule has 5 nitrogen and oxygen atoms in total. The second-order valence-corrected chi connectivity index (χ2v) is 7.21. The van der Waals surface area contributed by atoms with Crippen LogP contribution in [0.3, 0.4) is 0 Å². The number of rotatable bonds is 4. The van der Waals surface area contributed by atoms with Crippen LogP contribution < -0.4 is 14.4 Å². The number of methoxy groups -OCH3 is 2. The smallest absolute Gasteiger partial charge is 0.271 e. The summed E-state index contributed by atoms with van der Waals surface area (Å²) in [5.74, 6) is 2.84. The van der Waals surface area contributed by atoms with Crippen molar-refractivity contribution in [2.24, 2.45) is 0 Å². The maximum atomic E-state index is 11.8. The fraction of sp³-hybridized carbons (Fsp3) is 0.409. The minimum absolute atomic E-state index is 0.515. The Morgan fingerprint density at radius 3 is 2.15 bits per heavy atom. The number of amidine groups is 1. The van der Waals surface area contributed by atoms with Crippen LogP contribution >= 0.6 is 0 Å². The van der Waals surface area contributed by atoms with Gasteiger partial charge in [0.1, 0.15) is 17.2 Å². The Labute approximate surface area is 160 Å². The maximum absolute atomic E-state index is 11.8. The zero-order chi connectivity index (χ0) is 18.9. The van der Waals surface area contributed by atoms with Crippen molar-refractivity contribution < 1.29 is 19.2 Å². The number of anilines is 1. The predicted octanol–water partition coefficient (Wildman–Crippen LogP) is 3.35. The number of ether oxygens (including phenoxy) is 2. The number of nitrogens with zero attached hydrogens (tertiary/aromatic N) is 2. The van der Waals surface area contributed by atoms with Gasteiger partial charge in [0.25, 0.3) is 11.6 Å². The lowest BCUT2D eigenvalue weighted by molar-refractivity contribution is -0.658. The standard InChI is InChI=1S/C22H27N2O3/c1-26-19-11-7-17(8-12-19)22(25)16-23(18-9-13-20(27-2)14-10-18)21-6-4-3-5-15-24(21)22/h7-14,25H,3-6,15-16H2,1-2H3/q+1/t22-/m1/s1. The van der Waals surface area contributed by atoms with Gasteiger partial charge in [0, 0.05) is 12.0 Å². The van der Waals surface area contributed by atoms with Crippen molar-refractivity contribution in [3.8, 4) is 11.5 Å². The van der Waals surface area contributed by atoms with E-state index in [1.54, 1.807) is 14.2 Å². The van der Waals surface area contributed by atoms with Crippen LogP contribution in [-0.2, 0) is 5.72 Å². The van der Waals surface area contributed by atoms with Gasteiger partial charge in [-0.1, -0.05) is 0 Å². The van der Waals surface area contributed by atoms with Crippen LogP contribution in [0.15, 0.2) is 48.5 Å². The molecule has 0 saturated carbocycles. The monoisotopic (exact) mass is 367 g/mol. The third-order valence-electron chi connectivity index (χ3n) is 5.67. The Morgan fingerprint density at radius 1 is 0.889 bits per heavy atom. The molecule has 0 aromatic heterocycles. The summed E-state index contributed by atoms with van der Waals surface area (Å²) in [5, 5.41) is 11.8. The van der Waals surface area contributed by atoms with Gasteiger partial charge in [0.2, 0.25) is 0 Å². The summed E-state index contributed by atoms with van der Waals surface area (Å²) in [5.41, 5.74) is 0.951. The normalized spacial score (nSPS) is 22.4. The lowest BCUT2D eigenvalue weighted by atomic mass is 10.0. The molecule has 142 valence electrons. The summed E-state index contributed by atoms with van der Waals surface area (Å²) < 4.78 is 12.8. The van der Waals surface area contributed by atoms with Crippen LogP contribution in [0.1, 0.15) is 31.2 Å². The number of benzene rings is 2. The number of aliphatic hydroxyl groups is 1. The quantitative estimate of drug-likeness (QED) is 0.842. The van der Waals surface area contributed by atoms with Crippen molar-refractivity contribution in [2.75, 3.05) is 32.2 Å². The molecule has 0 aliphatic carbocycles. The van der Waals surface area contributed by atoms with Gasteiger partial charge in [0.15, 0.2) is 6.54 Å². The third-order valence-corrected chi connectivity index (χ3v) is 5.67. The second kappa shape index (κ2) is 7.24. The molecule has 5 heteroatoms. The summed E-state index contributed by atoms with van der Waals surface area (Å²) >= 11 is 0. The number of hydrogen-bond donors (Lipinski definition) is 1. The van der Waals surface area contributed by atoms with Gasteiger partial charge < -0.3 is 14.6 Å². The molecule has 4 rings (SSSR count). The van der Waals surface area contributed by atoms with E-state index in [4.69, 9.17) is 9.47 Å². The van der Waals surface area contributed by atoms with Gasteiger partial charge in [-0.3, -0.25) is 0 Å². The van der Waals surface area contributed by atoms with Gasteiger partial charge in [-0.2, -0.15) is 0 Å². The van der Waals surface area contributed by atoms with E-state index in [1.165, 1.54) is 12.3 Å². The number of hydrogen-bond acceptors (Lipinski definition) is 4. The molecule has 0 fully saturated rings. The van der Waals surface area contributed by atoms with Crippen LogP contribution in [0, 0.1) is 0 Å². The predicted molar refractivity (Wildman–Crippen MR) is 106 cm³/mol. The van der Waals surface area contributed by atoms with Crippen molar-refractivity contribution in [2.45, 2.75) is 31.4 Å². The lowest BCUT2D eigenvalue weighted by Crippen LogP contribution is -2.41. The Hall–Kier alpha value is -2.53. The van der Waals surface area contributed by atoms with Crippen molar-refractivity contribution in [3.05, 3.63) is 54.1 Å². The van der Waals surface area contributed by atoms with Gasteiger partial charge in [-0.15, -0.1) is 0 Å². The first-order valence-electron chi connectivity index (χ1n) is 9.58. The van der Waals surface area contributed by atoms with Crippen molar-refractivity contribution in [1.29, 1.82) is 0 Å². The van der Waals surface area contributed by atoms with Crippen LogP contribution in [0.5, 0.6) is 11.5 Å². The number of β-amino-alcohol motifs (C(OH)–C–C–N with tert-alkyl or cyclic N) is 1. The van der Waals surface area contributed by atoms with E-state index in [-0.39, 0.29) is 0 Å². The van der Waals surface area contributed by atoms with E-state index < -0.39 is 5.72 Å². The Kier molecular flexibility index (Phi) is 4.79. The summed E-state index contributed by atoms with van der Waals surface area (Å²) in [4.78, 5) is 2.26. The average molecular weight is 367 g/mol. The molecule has 27 heavy (non-hydrogen) atoms. The highest BCUT2D eigenvalue weighted by Gasteiger charge is 2.51. The largest absolute Gasteiger partial charge is 0.497 e. The summed E-state index contributed by atoms with van der Waals surface area (Å²) in [6.07, 6.45) is 4.41. The van der Waals surface area contributed by atoms with Gasteiger partial charge in [-0.05, 0) is 67.8 Å². The first-order chi connectivity index (χ1) is 13.2. The minimum atomic E-state index is -1.04. The molecule has 0 spiro atoms. The van der Waals surface area contributed by atoms with E-state index in [2.05, 4.69) is 21.6 Å². The van der Waals surface area contributed by atoms with Gasteiger partial charge in [0.05, 0.1) is 20.8 Å². The molecular formula is C22H27N2O3+. The fourth-order valence-corrected chi connectivity index (χ4v) is 4.18. The summed E-state index contributed by atoms with van der Waals surface area (Å²) in [7, 11) is 3.33. The van der Waals surface area contributed by atoms with E-state index in [0.29, 0.717) is 6.54 Å². The average Bonchev–Trinajstić information content (AvgIpc) is 2.87. The van der Waals surface area contributed by atoms with Crippen LogP contribution in [0.25, 0.3) is 0 Å². The zero-order valence-electron chi connectivity index (χ0n) is 16.0. The molecular weight excluding hydrogens is 340 g/mol. The van der Waals surface area contributed by atoms with Crippen molar-refractivity contribution in [3.63, 3.8) is 0 Å². The Bertz CT molecular complexity index is 830. The first kappa shape index (κ1) is 17.9. The van der Waals surface area contributed by atoms with E-state index in [1.807, 2.05) is 36.4 Å². The molecule has 2 aromatic carbocycles. The second-order valence-electron chi connectivity index (χ2n) is 7.21. The van der Waals surface area contributed by atoms with E-state index in [0.717, 1.165) is 48.6 Å². The van der Waals surface area contributed by atoms with Gasteiger partial charge in [-0.25, -0.2) is 9.48 Å². The molecule has 0 radical (unpaired) electrons. The highest BCUT2D eigenvalue weighted by molar-refractivity contribution is 5.96. The minimum Gasteiger partial charge on any atom is -0.497 e. The molecule has 2 aliphatic heterocycles. The molecule has 2 aromatic rings. The topological polar surface area (TPSA) is 44.9 Å². The molecule has 0 saturated heterocycles.